The van der Waals surface area contributed by atoms with Crippen LogP contribution in [0.3, 0.4) is 0 Å². The fraction of sp³-hybridized carbons (Fsp3) is 0.333. The summed E-state index contributed by atoms with van der Waals surface area (Å²) in [6.45, 7) is 8.03. The number of halogens is 1. The van der Waals surface area contributed by atoms with E-state index in [2.05, 4.69) is 12.0 Å². The molecule has 0 aromatic heterocycles. The van der Waals surface area contributed by atoms with Crippen LogP contribution in [0.2, 0.25) is 0 Å². The van der Waals surface area contributed by atoms with Crippen molar-refractivity contribution in [3.05, 3.63) is 48.3 Å². The van der Waals surface area contributed by atoms with E-state index in [1.807, 2.05) is 6.07 Å². The van der Waals surface area contributed by atoms with Crippen molar-refractivity contribution in [3.63, 3.8) is 0 Å². The largest absolute Gasteiger partial charge is 0.442 e. The van der Waals surface area contributed by atoms with Gasteiger partial charge in [0.2, 0.25) is 0 Å². The van der Waals surface area contributed by atoms with Crippen molar-refractivity contribution < 1.29 is 18.7 Å². The summed E-state index contributed by atoms with van der Waals surface area (Å²) in [7, 11) is 0. The van der Waals surface area contributed by atoms with Gasteiger partial charge in [-0.05, 0) is 26.3 Å². The molecule has 114 valence electrons. The normalized spacial score (nSPS) is 10.7. The second-order valence-corrected chi connectivity index (χ2v) is 5.40. The Hall–Kier alpha value is -2.37. The molecule has 0 aliphatic carbocycles. The number of carbonyl (C=O) groups is 2. The minimum absolute atomic E-state index is 0.0504. The molecule has 2 amide bonds. The molecule has 0 aliphatic heterocycles. The fourth-order valence-corrected chi connectivity index (χ4v) is 1.42. The van der Waals surface area contributed by atoms with Crippen molar-refractivity contribution in [2.75, 3.05) is 0 Å². The number of rotatable bonds is 3. The van der Waals surface area contributed by atoms with Crippen molar-refractivity contribution in [1.29, 1.82) is 0 Å². The lowest BCUT2D eigenvalue weighted by Crippen LogP contribution is -2.47. The van der Waals surface area contributed by atoms with E-state index >= 15 is 0 Å². The summed E-state index contributed by atoms with van der Waals surface area (Å²) < 4.78 is 18.0. The van der Waals surface area contributed by atoms with Gasteiger partial charge in [-0.2, -0.15) is 0 Å². The third-order valence-electron chi connectivity index (χ3n) is 2.28. The van der Waals surface area contributed by atoms with E-state index < -0.39 is 23.4 Å². The van der Waals surface area contributed by atoms with Crippen LogP contribution in [-0.2, 0) is 16.1 Å². The Bertz CT molecular complexity index is 523. The van der Waals surface area contributed by atoms with Gasteiger partial charge in [-0.1, -0.05) is 36.9 Å². The zero-order valence-corrected chi connectivity index (χ0v) is 12.4. The number of carbonyl (C=O) groups excluding carboxylic acids is 2. The summed E-state index contributed by atoms with van der Waals surface area (Å²) in [5, 5.41) is 0.910. The molecule has 21 heavy (non-hydrogen) atoms. The van der Waals surface area contributed by atoms with Gasteiger partial charge in [-0.3, -0.25) is 10.2 Å². The number of hydrogen-bond donors (Lipinski definition) is 1. The van der Waals surface area contributed by atoms with Gasteiger partial charge >= 0.3 is 6.09 Å². The topological polar surface area (TPSA) is 58.6 Å². The summed E-state index contributed by atoms with van der Waals surface area (Å²) in [6, 6.07) is 8.95. The molecular weight excluding hydrogens is 275 g/mol. The summed E-state index contributed by atoms with van der Waals surface area (Å²) in [4.78, 5) is 23.4. The van der Waals surface area contributed by atoms with Crippen molar-refractivity contribution in [1.82, 2.24) is 10.4 Å². The van der Waals surface area contributed by atoms with E-state index in [4.69, 9.17) is 4.74 Å². The number of ether oxygens (including phenoxy) is 1. The summed E-state index contributed by atoms with van der Waals surface area (Å²) in [5.74, 6) is -2.27. The Morgan fingerprint density at radius 1 is 1.29 bits per heavy atom. The summed E-state index contributed by atoms with van der Waals surface area (Å²) >= 11 is 0. The SMILES string of the molecule is C=C(F)C(=O)NN(Cc1ccccc1)C(=O)OC(C)(C)C. The maximum absolute atomic E-state index is 12.8. The third kappa shape index (κ3) is 6.07. The first kappa shape index (κ1) is 16.7. The van der Waals surface area contributed by atoms with Crippen LogP contribution < -0.4 is 5.43 Å². The highest BCUT2D eigenvalue weighted by molar-refractivity contribution is 5.91. The van der Waals surface area contributed by atoms with Crippen LogP contribution in [0.25, 0.3) is 0 Å². The first-order valence-electron chi connectivity index (χ1n) is 6.39. The van der Waals surface area contributed by atoms with Crippen molar-refractivity contribution in [2.45, 2.75) is 32.9 Å². The summed E-state index contributed by atoms with van der Waals surface area (Å²) in [6.07, 6.45) is -0.777. The predicted octanol–water partition coefficient (Wildman–Crippen LogP) is 2.94. The number of nitrogens with zero attached hydrogens (tertiary/aromatic N) is 1. The Morgan fingerprint density at radius 2 is 1.86 bits per heavy atom. The first-order chi connectivity index (χ1) is 9.69. The fourth-order valence-electron chi connectivity index (χ4n) is 1.42. The molecule has 0 heterocycles. The Kier molecular flexibility index (Phi) is 5.46. The van der Waals surface area contributed by atoms with Crippen molar-refractivity contribution in [2.24, 2.45) is 0 Å². The average Bonchev–Trinajstić information content (AvgIpc) is 2.36. The van der Waals surface area contributed by atoms with E-state index in [1.54, 1.807) is 45.0 Å². The Balaban J connectivity index is 2.86. The molecule has 6 heteroatoms. The van der Waals surface area contributed by atoms with Gasteiger partial charge in [-0.25, -0.2) is 14.2 Å². The van der Waals surface area contributed by atoms with E-state index in [0.29, 0.717) is 0 Å². The zero-order valence-electron chi connectivity index (χ0n) is 12.4. The second-order valence-electron chi connectivity index (χ2n) is 5.40. The lowest BCUT2D eigenvalue weighted by atomic mass is 10.2. The molecule has 0 atom stereocenters. The number of amides is 2. The smallest absolute Gasteiger partial charge is 0.429 e. The van der Waals surface area contributed by atoms with Gasteiger partial charge in [0.05, 0.1) is 6.54 Å². The quantitative estimate of drug-likeness (QED) is 0.689. The molecule has 0 saturated carbocycles. The predicted molar refractivity (Wildman–Crippen MR) is 76.6 cm³/mol. The molecule has 0 spiro atoms. The van der Waals surface area contributed by atoms with Crippen molar-refractivity contribution in [3.8, 4) is 0 Å². The minimum Gasteiger partial charge on any atom is -0.442 e. The maximum atomic E-state index is 12.8. The van der Waals surface area contributed by atoms with Gasteiger partial charge in [0.1, 0.15) is 5.60 Å². The molecule has 1 N–H and O–H groups in total. The van der Waals surface area contributed by atoms with Crippen LogP contribution in [0, 0.1) is 0 Å². The highest BCUT2D eigenvalue weighted by Crippen LogP contribution is 2.11. The number of hydrazine groups is 1. The first-order valence-corrected chi connectivity index (χ1v) is 6.39. The van der Waals surface area contributed by atoms with E-state index in [1.165, 1.54) is 0 Å². The third-order valence-corrected chi connectivity index (χ3v) is 2.28. The van der Waals surface area contributed by atoms with Gasteiger partial charge < -0.3 is 4.74 Å². The van der Waals surface area contributed by atoms with E-state index in [0.717, 1.165) is 10.6 Å². The van der Waals surface area contributed by atoms with Gasteiger partial charge in [0, 0.05) is 0 Å². The zero-order chi connectivity index (χ0) is 16.0. The van der Waals surface area contributed by atoms with E-state index in [-0.39, 0.29) is 6.54 Å². The van der Waals surface area contributed by atoms with Crippen LogP contribution in [-0.4, -0.2) is 22.6 Å². The molecule has 0 unspecified atom stereocenters. The van der Waals surface area contributed by atoms with Gasteiger partial charge in [0.25, 0.3) is 5.91 Å². The molecule has 5 nitrogen and oxygen atoms in total. The van der Waals surface area contributed by atoms with Crippen LogP contribution >= 0.6 is 0 Å². The monoisotopic (exact) mass is 294 g/mol. The Morgan fingerprint density at radius 3 is 2.33 bits per heavy atom. The van der Waals surface area contributed by atoms with Crippen LogP contribution in [0.4, 0.5) is 9.18 Å². The summed E-state index contributed by atoms with van der Waals surface area (Å²) in [5.41, 5.74) is 2.16. The molecule has 0 radical (unpaired) electrons. The van der Waals surface area contributed by atoms with Crippen LogP contribution in [0.1, 0.15) is 26.3 Å². The molecule has 0 fully saturated rings. The van der Waals surface area contributed by atoms with Gasteiger partial charge in [0.15, 0.2) is 5.83 Å². The number of hydrogen-bond acceptors (Lipinski definition) is 3. The molecule has 0 bridgehead atoms. The Labute approximate surface area is 123 Å². The molecular formula is C15H19FN2O3. The standard InChI is InChI=1S/C15H19FN2O3/c1-11(16)13(19)17-18(14(20)21-15(2,3)4)10-12-8-6-5-7-9-12/h5-9H,1,10H2,2-4H3,(H,17,19). The molecule has 1 aromatic rings. The molecule has 1 rings (SSSR count). The maximum Gasteiger partial charge on any atom is 0.429 e. The van der Waals surface area contributed by atoms with Crippen LogP contribution in [0.15, 0.2) is 42.7 Å². The van der Waals surface area contributed by atoms with E-state index in [9.17, 15) is 14.0 Å². The highest BCUT2D eigenvalue weighted by atomic mass is 19.1. The van der Waals surface area contributed by atoms with Gasteiger partial charge in [-0.15, -0.1) is 0 Å². The molecule has 1 aromatic carbocycles. The molecule has 0 aliphatic rings. The average molecular weight is 294 g/mol. The molecule has 0 saturated heterocycles. The lowest BCUT2D eigenvalue weighted by molar-refractivity contribution is -0.123. The second kappa shape index (κ2) is 6.88. The minimum atomic E-state index is -1.18. The van der Waals surface area contributed by atoms with Crippen LogP contribution in [0.5, 0.6) is 0 Å². The number of benzene rings is 1. The lowest BCUT2D eigenvalue weighted by Gasteiger charge is -2.27. The van der Waals surface area contributed by atoms with Crippen molar-refractivity contribution >= 4 is 12.0 Å². The highest BCUT2D eigenvalue weighted by Gasteiger charge is 2.24. The number of nitrogens with one attached hydrogen (secondary N) is 1.